The van der Waals surface area contributed by atoms with Crippen molar-refractivity contribution in [2.24, 2.45) is 0 Å². The van der Waals surface area contributed by atoms with Crippen LogP contribution in [0.3, 0.4) is 0 Å². The minimum atomic E-state index is 0.350. The molecule has 5 heteroatoms. The SMILES string of the molecule is CCOc1ccc(-n2nnc(C#N)c2Cc2ccccc2)cc1. The first kappa shape index (κ1) is 14.8. The lowest BCUT2D eigenvalue weighted by atomic mass is 10.1. The van der Waals surface area contributed by atoms with Crippen molar-refractivity contribution < 1.29 is 4.74 Å². The van der Waals surface area contributed by atoms with Gasteiger partial charge in [0.1, 0.15) is 11.8 Å². The molecule has 2 aromatic carbocycles. The van der Waals surface area contributed by atoms with Crippen LogP contribution >= 0.6 is 0 Å². The number of benzene rings is 2. The van der Waals surface area contributed by atoms with Gasteiger partial charge in [-0.3, -0.25) is 0 Å². The van der Waals surface area contributed by atoms with Gasteiger partial charge in [-0.1, -0.05) is 35.5 Å². The average Bonchev–Trinajstić information content (AvgIpc) is 2.99. The van der Waals surface area contributed by atoms with Crippen molar-refractivity contribution >= 4 is 0 Å². The number of ether oxygens (including phenoxy) is 1. The Morgan fingerprint density at radius 1 is 1.09 bits per heavy atom. The summed E-state index contributed by atoms with van der Waals surface area (Å²) >= 11 is 0. The minimum absolute atomic E-state index is 0.350. The molecule has 1 aromatic heterocycles. The standard InChI is InChI=1S/C18H16N4O/c1-2-23-16-10-8-15(9-11-16)22-18(17(13-19)20-21-22)12-14-6-4-3-5-7-14/h3-11H,2,12H2,1H3. The van der Waals surface area contributed by atoms with Crippen LogP contribution in [0.25, 0.3) is 5.69 Å². The normalized spacial score (nSPS) is 10.3. The Labute approximate surface area is 134 Å². The highest BCUT2D eigenvalue weighted by atomic mass is 16.5. The topological polar surface area (TPSA) is 63.7 Å². The second-order valence-electron chi connectivity index (χ2n) is 5.00. The van der Waals surface area contributed by atoms with Gasteiger partial charge in [0.05, 0.1) is 18.0 Å². The molecule has 0 amide bonds. The van der Waals surface area contributed by atoms with Crippen molar-refractivity contribution in [2.45, 2.75) is 13.3 Å². The summed E-state index contributed by atoms with van der Waals surface area (Å²) in [5.41, 5.74) is 3.09. The van der Waals surface area contributed by atoms with Gasteiger partial charge in [0.25, 0.3) is 0 Å². The molecule has 5 nitrogen and oxygen atoms in total. The molecule has 23 heavy (non-hydrogen) atoms. The fourth-order valence-corrected chi connectivity index (χ4v) is 2.39. The van der Waals surface area contributed by atoms with E-state index in [1.165, 1.54) is 0 Å². The van der Waals surface area contributed by atoms with Crippen LogP contribution in [0.4, 0.5) is 0 Å². The third-order valence-electron chi connectivity index (χ3n) is 3.48. The fourth-order valence-electron chi connectivity index (χ4n) is 2.39. The summed E-state index contributed by atoms with van der Waals surface area (Å²) < 4.78 is 7.16. The zero-order chi connectivity index (χ0) is 16.1. The lowest BCUT2D eigenvalue weighted by Gasteiger charge is -2.08. The van der Waals surface area contributed by atoms with E-state index in [4.69, 9.17) is 4.74 Å². The quantitative estimate of drug-likeness (QED) is 0.726. The third-order valence-corrected chi connectivity index (χ3v) is 3.48. The molecule has 1 heterocycles. The second-order valence-corrected chi connectivity index (χ2v) is 5.00. The first-order valence-electron chi connectivity index (χ1n) is 7.43. The zero-order valence-corrected chi connectivity index (χ0v) is 12.8. The summed E-state index contributed by atoms with van der Waals surface area (Å²) in [6.45, 7) is 2.57. The van der Waals surface area contributed by atoms with Crippen molar-refractivity contribution in [1.82, 2.24) is 15.0 Å². The molecule has 3 aromatic rings. The number of rotatable bonds is 5. The van der Waals surface area contributed by atoms with Crippen molar-refractivity contribution in [3.05, 3.63) is 71.5 Å². The second kappa shape index (κ2) is 6.75. The third kappa shape index (κ3) is 3.22. The van der Waals surface area contributed by atoms with Crippen LogP contribution in [0.2, 0.25) is 0 Å². The van der Waals surface area contributed by atoms with E-state index in [0.29, 0.717) is 18.7 Å². The molecule has 0 saturated carbocycles. The van der Waals surface area contributed by atoms with E-state index in [1.807, 2.05) is 61.5 Å². The molecule has 0 fully saturated rings. The van der Waals surface area contributed by atoms with Gasteiger partial charge in [-0.15, -0.1) is 5.10 Å². The van der Waals surface area contributed by atoms with Crippen LogP contribution in [0.15, 0.2) is 54.6 Å². The Bertz CT molecular complexity index is 816. The summed E-state index contributed by atoms with van der Waals surface area (Å²) in [6, 6.07) is 19.7. The Balaban J connectivity index is 1.96. The molecule has 0 atom stereocenters. The monoisotopic (exact) mass is 304 g/mol. The van der Waals surface area contributed by atoms with Crippen LogP contribution < -0.4 is 4.74 Å². The van der Waals surface area contributed by atoms with Gasteiger partial charge in [0, 0.05) is 6.42 Å². The minimum Gasteiger partial charge on any atom is -0.494 e. The van der Waals surface area contributed by atoms with Crippen molar-refractivity contribution in [1.29, 1.82) is 5.26 Å². The molecule has 0 aliphatic heterocycles. The number of aromatic nitrogens is 3. The predicted molar refractivity (Wildman–Crippen MR) is 86.5 cm³/mol. The van der Waals surface area contributed by atoms with Crippen LogP contribution in [-0.2, 0) is 6.42 Å². The fraction of sp³-hybridized carbons (Fsp3) is 0.167. The van der Waals surface area contributed by atoms with E-state index in [-0.39, 0.29) is 0 Å². The summed E-state index contributed by atoms with van der Waals surface area (Å²) in [5, 5.41) is 17.4. The molecule has 0 saturated heterocycles. The van der Waals surface area contributed by atoms with E-state index < -0.39 is 0 Å². The number of hydrogen-bond donors (Lipinski definition) is 0. The lowest BCUT2D eigenvalue weighted by molar-refractivity contribution is 0.340. The smallest absolute Gasteiger partial charge is 0.186 e. The van der Waals surface area contributed by atoms with Gasteiger partial charge in [-0.05, 0) is 36.8 Å². The summed E-state index contributed by atoms with van der Waals surface area (Å²) in [5.74, 6) is 0.807. The van der Waals surface area contributed by atoms with E-state index in [0.717, 1.165) is 22.7 Å². The molecule has 3 rings (SSSR count). The molecule has 114 valence electrons. The highest BCUT2D eigenvalue weighted by Crippen LogP contribution is 2.19. The summed E-state index contributed by atoms with van der Waals surface area (Å²) in [7, 11) is 0. The highest BCUT2D eigenvalue weighted by Gasteiger charge is 2.14. The summed E-state index contributed by atoms with van der Waals surface area (Å²) in [6.07, 6.45) is 0.601. The van der Waals surface area contributed by atoms with Gasteiger partial charge < -0.3 is 4.74 Å². The van der Waals surface area contributed by atoms with Crippen LogP contribution in [0.5, 0.6) is 5.75 Å². The predicted octanol–water partition coefficient (Wildman–Crippen LogP) is 3.13. The van der Waals surface area contributed by atoms with Gasteiger partial charge >= 0.3 is 0 Å². The lowest BCUT2D eigenvalue weighted by Crippen LogP contribution is -2.04. The maximum Gasteiger partial charge on any atom is 0.186 e. The Morgan fingerprint density at radius 3 is 2.48 bits per heavy atom. The molecule has 0 N–H and O–H groups in total. The molecule has 0 bridgehead atoms. The van der Waals surface area contributed by atoms with Gasteiger partial charge in [0.15, 0.2) is 5.69 Å². The van der Waals surface area contributed by atoms with E-state index in [2.05, 4.69) is 16.4 Å². The van der Waals surface area contributed by atoms with Crippen molar-refractivity contribution in [3.8, 4) is 17.5 Å². The van der Waals surface area contributed by atoms with Crippen molar-refractivity contribution in [3.63, 3.8) is 0 Å². The van der Waals surface area contributed by atoms with Crippen molar-refractivity contribution in [2.75, 3.05) is 6.61 Å². The average molecular weight is 304 g/mol. The number of nitriles is 1. The molecule has 0 aliphatic rings. The number of nitrogens with zero attached hydrogens (tertiary/aromatic N) is 4. The molecular formula is C18H16N4O. The van der Waals surface area contributed by atoms with E-state index >= 15 is 0 Å². The highest BCUT2D eigenvalue weighted by molar-refractivity contribution is 5.41. The largest absolute Gasteiger partial charge is 0.494 e. The number of hydrogen-bond acceptors (Lipinski definition) is 4. The molecular weight excluding hydrogens is 288 g/mol. The van der Waals surface area contributed by atoms with Crippen LogP contribution in [-0.4, -0.2) is 21.6 Å². The molecule has 0 unspecified atom stereocenters. The van der Waals surface area contributed by atoms with Crippen LogP contribution in [0, 0.1) is 11.3 Å². The Kier molecular flexibility index (Phi) is 4.34. The van der Waals surface area contributed by atoms with Crippen LogP contribution in [0.1, 0.15) is 23.9 Å². The zero-order valence-electron chi connectivity index (χ0n) is 12.8. The summed E-state index contributed by atoms with van der Waals surface area (Å²) in [4.78, 5) is 0. The molecule has 0 spiro atoms. The maximum atomic E-state index is 9.28. The first-order chi connectivity index (χ1) is 11.3. The van der Waals surface area contributed by atoms with E-state index in [9.17, 15) is 5.26 Å². The van der Waals surface area contributed by atoms with Gasteiger partial charge in [-0.2, -0.15) is 5.26 Å². The maximum absolute atomic E-state index is 9.28. The van der Waals surface area contributed by atoms with E-state index in [1.54, 1.807) is 4.68 Å². The molecule has 0 radical (unpaired) electrons. The van der Waals surface area contributed by atoms with Gasteiger partial charge in [-0.25, -0.2) is 4.68 Å². The first-order valence-corrected chi connectivity index (χ1v) is 7.43. The van der Waals surface area contributed by atoms with Gasteiger partial charge in [0.2, 0.25) is 0 Å². The Morgan fingerprint density at radius 2 is 1.83 bits per heavy atom. The Hall–Kier alpha value is -3.13. The molecule has 0 aliphatic carbocycles.